The fourth-order valence-electron chi connectivity index (χ4n) is 2.69. The van der Waals surface area contributed by atoms with Crippen LogP contribution >= 0.6 is 0 Å². The molecule has 0 saturated heterocycles. The summed E-state index contributed by atoms with van der Waals surface area (Å²) >= 11 is 0. The van der Waals surface area contributed by atoms with Gasteiger partial charge in [-0.25, -0.2) is 0 Å². The zero-order valence-corrected chi connectivity index (χ0v) is 18.4. The van der Waals surface area contributed by atoms with Crippen molar-refractivity contribution in [3.05, 3.63) is 59.7 Å². The zero-order chi connectivity index (χ0) is 22.8. The Morgan fingerprint density at radius 3 is 2.16 bits per heavy atom. The number of nitrogens with one attached hydrogen (secondary N) is 1. The van der Waals surface area contributed by atoms with Crippen LogP contribution in [0.1, 0.15) is 22.8 Å². The lowest BCUT2D eigenvalue weighted by molar-refractivity contribution is -0.150. The van der Waals surface area contributed by atoms with E-state index in [-0.39, 0.29) is 19.1 Å². The van der Waals surface area contributed by atoms with E-state index in [1.807, 2.05) is 50.2 Å². The third-order valence-corrected chi connectivity index (χ3v) is 4.48. The number of rotatable bonds is 10. The molecule has 8 heteroatoms. The first-order chi connectivity index (χ1) is 14.8. The second-order valence-electron chi connectivity index (χ2n) is 7.11. The average molecular weight is 428 g/mol. The third kappa shape index (κ3) is 7.65. The number of nitrogens with zero attached hydrogens (tertiary/aromatic N) is 2. The van der Waals surface area contributed by atoms with Crippen LogP contribution in [0.25, 0.3) is 0 Å². The van der Waals surface area contributed by atoms with Gasteiger partial charge in [0.2, 0.25) is 0 Å². The summed E-state index contributed by atoms with van der Waals surface area (Å²) in [6.07, 6.45) is 0. The number of esters is 1. The number of carbonyl (C=O) groups is 3. The van der Waals surface area contributed by atoms with Crippen LogP contribution in [0.5, 0.6) is 5.75 Å². The monoisotopic (exact) mass is 427 g/mol. The van der Waals surface area contributed by atoms with Gasteiger partial charge in [0.25, 0.3) is 11.8 Å². The first-order valence-electron chi connectivity index (χ1n) is 9.97. The fraction of sp³-hybridized carbons (Fsp3) is 0.348. The van der Waals surface area contributed by atoms with E-state index in [1.54, 1.807) is 31.3 Å². The highest BCUT2D eigenvalue weighted by Crippen LogP contribution is 2.14. The maximum absolute atomic E-state index is 12.2. The molecular formula is C23H29N3O5. The fourth-order valence-corrected chi connectivity index (χ4v) is 2.69. The van der Waals surface area contributed by atoms with E-state index in [2.05, 4.69) is 5.32 Å². The Morgan fingerprint density at radius 1 is 0.935 bits per heavy atom. The molecule has 0 aliphatic heterocycles. The molecule has 0 aliphatic rings. The highest BCUT2D eigenvalue weighted by atomic mass is 16.5. The SMILES string of the molecule is CCOc1ccc(C(=O)NCC(=O)OCC(=O)N(C)Cc2ccc(N(C)C)cc2)cc1. The lowest BCUT2D eigenvalue weighted by Gasteiger charge is -2.18. The van der Waals surface area contributed by atoms with Gasteiger partial charge in [-0.05, 0) is 48.9 Å². The van der Waals surface area contributed by atoms with Crippen LogP contribution in [0.3, 0.4) is 0 Å². The largest absolute Gasteiger partial charge is 0.494 e. The molecule has 0 bridgehead atoms. The summed E-state index contributed by atoms with van der Waals surface area (Å²) in [5.41, 5.74) is 2.43. The number of hydrogen-bond acceptors (Lipinski definition) is 6. The van der Waals surface area contributed by atoms with Crippen molar-refractivity contribution >= 4 is 23.5 Å². The number of ether oxygens (including phenoxy) is 2. The van der Waals surface area contributed by atoms with Gasteiger partial charge in [0, 0.05) is 38.9 Å². The summed E-state index contributed by atoms with van der Waals surface area (Å²) < 4.78 is 10.3. The molecule has 0 spiro atoms. The van der Waals surface area contributed by atoms with Crippen LogP contribution in [0.15, 0.2) is 48.5 Å². The molecule has 166 valence electrons. The molecule has 1 N–H and O–H groups in total. The van der Waals surface area contributed by atoms with E-state index in [1.165, 1.54) is 4.90 Å². The first kappa shape index (κ1) is 23.7. The molecule has 0 unspecified atom stereocenters. The van der Waals surface area contributed by atoms with Crippen LogP contribution in [0, 0.1) is 0 Å². The van der Waals surface area contributed by atoms with Crippen LogP contribution in [0.4, 0.5) is 5.69 Å². The second-order valence-corrected chi connectivity index (χ2v) is 7.11. The number of hydrogen-bond donors (Lipinski definition) is 1. The minimum absolute atomic E-state index is 0.324. The Balaban J connectivity index is 1.73. The van der Waals surface area contributed by atoms with E-state index in [9.17, 15) is 14.4 Å². The van der Waals surface area contributed by atoms with Gasteiger partial charge in [0.05, 0.1) is 6.61 Å². The van der Waals surface area contributed by atoms with Gasteiger partial charge in [0.1, 0.15) is 12.3 Å². The molecule has 0 aliphatic carbocycles. The maximum atomic E-state index is 12.2. The standard InChI is InChI=1S/C23H29N3O5/c1-5-30-20-12-8-18(9-13-20)23(29)24-14-22(28)31-16-21(27)26(4)15-17-6-10-19(11-7-17)25(2)3/h6-13H,5,14-16H2,1-4H3,(H,24,29). The number of anilines is 1. The smallest absolute Gasteiger partial charge is 0.325 e. The molecule has 8 nitrogen and oxygen atoms in total. The zero-order valence-electron chi connectivity index (χ0n) is 18.4. The lowest BCUT2D eigenvalue weighted by atomic mass is 10.2. The van der Waals surface area contributed by atoms with Crippen molar-refractivity contribution in [2.24, 2.45) is 0 Å². The topological polar surface area (TPSA) is 88.2 Å². The Morgan fingerprint density at radius 2 is 1.58 bits per heavy atom. The van der Waals surface area contributed by atoms with Crippen LogP contribution in [-0.2, 0) is 20.9 Å². The molecule has 0 saturated carbocycles. The molecule has 2 rings (SSSR count). The molecule has 0 aromatic heterocycles. The molecule has 2 aromatic carbocycles. The lowest BCUT2D eigenvalue weighted by Crippen LogP contribution is -2.34. The molecule has 0 atom stereocenters. The van der Waals surface area contributed by atoms with E-state index in [0.29, 0.717) is 24.5 Å². The van der Waals surface area contributed by atoms with Gasteiger partial charge in [-0.15, -0.1) is 0 Å². The minimum Gasteiger partial charge on any atom is -0.494 e. The Bertz CT molecular complexity index is 879. The van der Waals surface area contributed by atoms with Crippen molar-refractivity contribution in [3.8, 4) is 5.75 Å². The summed E-state index contributed by atoms with van der Waals surface area (Å²) in [6, 6.07) is 14.4. The summed E-state index contributed by atoms with van der Waals surface area (Å²) in [6.45, 7) is 2.10. The molecule has 2 amide bonds. The second kappa shape index (κ2) is 11.6. The summed E-state index contributed by atoms with van der Waals surface area (Å²) in [5, 5.41) is 2.47. The number of carbonyl (C=O) groups excluding carboxylic acids is 3. The van der Waals surface area contributed by atoms with E-state index in [0.717, 1.165) is 11.3 Å². The Hall–Kier alpha value is -3.55. The highest BCUT2D eigenvalue weighted by molar-refractivity contribution is 5.96. The molecule has 2 aromatic rings. The van der Waals surface area contributed by atoms with E-state index in [4.69, 9.17) is 9.47 Å². The van der Waals surface area contributed by atoms with Gasteiger partial charge < -0.3 is 24.6 Å². The van der Waals surface area contributed by atoms with Crippen molar-refractivity contribution in [3.63, 3.8) is 0 Å². The molecule has 0 heterocycles. The number of benzene rings is 2. The van der Waals surface area contributed by atoms with Crippen LogP contribution in [-0.4, -0.2) is 63.6 Å². The van der Waals surface area contributed by atoms with Gasteiger partial charge >= 0.3 is 5.97 Å². The van der Waals surface area contributed by atoms with Gasteiger partial charge in [-0.2, -0.15) is 0 Å². The van der Waals surface area contributed by atoms with E-state index < -0.39 is 11.9 Å². The summed E-state index contributed by atoms with van der Waals surface area (Å²) in [5.74, 6) is -0.765. The van der Waals surface area contributed by atoms with E-state index >= 15 is 0 Å². The predicted octanol–water partition coefficient (Wildman–Crippen LogP) is 2.08. The highest BCUT2D eigenvalue weighted by Gasteiger charge is 2.14. The normalized spacial score (nSPS) is 10.2. The van der Waals surface area contributed by atoms with Gasteiger partial charge in [0.15, 0.2) is 6.61 Å². The Kier molecular flexibility index (Phi) is 8.87. The minimum atomic E-state index is -0.684. The van der Waals surface area contributed by atoms with Crippen molar-refractivity contribution < 1.29 is 23.9 Å². The molecule has 31 heavy (non-hydrogen) atoms. The van der Waals surface area contributed by atoms with Gasteiger partial charge in [-0.3, -0.25) is 14.4 Å². The molecular weight excluding hydrogens is 398 g/mol. The number of likely N-dealkylation sites (N-methyl/N-ethyl adjacent to an activating group) is 1. The van der Waals surface area contributed by atoms with Crippen molar-refractivity contribution in [1.82, 2.24) is 10.2 Å². The first-order valence-corrected chi connectivity index (χ1v) is 9.97. The van der Waals surface area contributed by atoms with Crippen LogP contribution < -0.4 is 15.0 Å². The molecule has 0 fully saturated rings. The van der Waals surface area contributed by atoms with Crippen molar-refractivity contribution in [2.75, 3.05) is 45.8 Å². The third-order valence-electron chi connectivity index (χ3n) is 4.48. The summed E-state index contributed by atoms with van der Waals surface area (Å²) in [7, 11) is 5.56. The van der Waals surface area contributed by atoms with Crippen LogP contribution in [0.2, 0.25) is 0 Å². The van der Waals surface area contributed by atoms with Gasteiger partial charge in [-0.1, -0.05) is 12.1 Å². The Labute approximate surface area is 182 Å². The number of amides is 2. The van der Waals surface area contributed by atoms with Crippen molar-refractivity contribution in [2.45, 2.75) is 13.5 Å². The quantitative estimate of drug-likeness (QED) is 0.584. The van der Waals surface area contributed by atoms with Crippen molar-refractivity contribution in [1.29, 1.82) is 0 Å². The maximum Gasteiger partial charge on any atom is 0.325 e. The predicted molar refractivity (Wildman–Crippen MR) is 118 cm³/mol. The average Bonchev–Trinajstić information content (AvgIpc) is 2.76. The summed E-state index contributed by atoms with van der Waals surface area (Å²) in [4.78, 5) is 39.7. The molecule has 0 radical (unpaired) electrons.